The van der Waals surface area contributed by atoms with Gasteiger partial charge in [0.25, 0.3) is 10.0 Å². The SMILES string of the molecule is CCCCNC(=O)[C@@H](Cc1ccccc1)N(Cc1ccccc1F)C(=O)CN(c1cccc(C)c1)S(=O)(=O)c1ccccc1. The van der Waals surface area contributed by atoms with Crippen molar-refractivity contribution >= 4 is 27.5 Å². The number of halogens is 1. The molecule has 9 heteroatoms. The molecule has 4 rings (SSSR count). The molecule has 4 aromatic carbocycles. The fourth-order valence-electron chi connectivity index (χ4n) is 4.90. The van der Waals surface area contributed by atoms with Crippen molar-refractivity contribution in [2.24, 2.45) is 0 Å². The van der Waals surface area contributed by atoms with E-state index in [-0.39, 0.29) is 29.3 Å². The topological polar surface area (TPSA) is 86.8 Å². The molecule has 44 heavy (non-hydrogen) atoms. The van der Waals surface area contributed by atoms with Gasteiger partial charge in [-0.25, -0.2) is 12.8 Å². The molecule has 0 spiro atoms. The van der Waals surface area contributed by atoms with Crippen molar-refractivity contribution in [2.45, 2.75) is 50.6 Å². The van der Waals surface area contributed by atoms with Gasteiger partial charge in [-0.05, 0) is 54.8 Å². The number of sulfonamides is 1. The van der Waals surface area contributed by atoms with Crippen LogP contribution in [-0.4, -0.2) is 44.3 Å². The first-order valence-corrected chi connectivity index (χ1v) is 16.1. The summed E-state index contributed by atoms with van der Waals surface area (Å²) in [5, 5.41) is 2.93. The molecule has 0 unspecified atom stereocenters. The van der Waals surface area contributed by atoms with E-state index in [0.717, 1.165) is 28.3 Å². The largest absolute Gasteiger partial charge is 0.354 e. The zero-order valence-corrected chi connectivity index (χ0v) is 25.8. The molecule has 1 atom stereocenters. The first-order valence-electron chi connectivity index (χ1n) is 14.7. The molecule has 0 saturated heterocycles. The molecule has 2 amide bonds. The lowest BCUT2D eigenvalue weighted by Gasteiger charge is -2.34. The number of hydrogen-bond acceptors (Lipinski definition) is 4. The van der Waals surface area contributed by atoms with E-state index in [4.69, 9.17) is 0 Å². The predicted molar refractivity (Wildman–Crippen MR) is 171 cm³/mol. The molecule has 0 aliphatic carbocycles. The average molecular weight is 616 g/mol. The summed E-state index contributed by atoms with van der Waals surface area (Å²) in [5.41, 5.74) is 2.14. The van der Waals surface area contributed by atoms with Gasteiger partial charge in [-0.15, -0.1) is 0 Å². The Bertz CT molecular complexity index is 1650. The number of anilines is 1. The Morgan fingerprint density at radius 2 is 1.52 bits per heavy atom. The lowest BCUT2D eigenvalue weighted by atomic mass is 10.0. The van der Waals surface area contributed by atoms with Crippen molar-refractivity contribution in [3.63, 3.8) is 0 Å². The van der Waals surface area contributed by atoms with Gasteiger partial charge in [0, 0.05) is 25.1 Å². The van der Waals surface area contributed by atoms with Crippen molar-refractivity contribution in [2.75, 3.05) is 17.4 Å². The lowest BCUT2D eigenvalue weighted by molar-refractivity contribution is -0.140. The number of nitrogens with zero attached hydrogens (tertiary/aromatic N) is 2. The van der Waals surface area contributed by atoms with E-state index in [1.54, 1.807) is 54.6 Å². The standard InChI is InChI=1S/C35H38FN3O4S/c1-3-4-22-37-35(41)33(24-28-15-7-5-8-16-28)38(25-29-17-11-12-21-32(29)36)34(40)26-39(30-18-13-14-27(2)23-30)44(42,43)31-19-9-6-10-20-31/h5-21,23,33H,3-4,22,24-26H2,1-2H3,(H,37,41)/t33-/m1/s1. The van der Waals surface area contributed by atoms with Crippen LogP contribution in [0.4, 0.5) is 10.1 Å². The number of nitrogens with one attached hydrogen (secondary N) is 1. The Morgan fingerprint density at radius 3 is 2.18 bits per heavy atom. The number of carbonyl (C=O) groups excluding carboxylic acids is 2. The molecular weight excluding hydrogens is 577 g/mol. The van der Waals surface area contributed by atoms with Crippen molar-refractivity contribution in [1.82, 2.24) is 10.2 Å². The zero-order valence-electron chi connectivity index (χ0n) is 25.0. The molecule has 0 aliphatic heterocycles. The summed E-state index contributed by atoms with van der Waals surface area (Å²) >= 11 is 0. The Morgan fingerprint density at radius 1 is 0.864 bits per heavy atom. The molecular formula is C35H38FN3O4S. The molecule has 7 nitrogen and oxygen atoms in total. The highest BCUT2D eigenvalue weighted by atomic mass is 32.2. The van der Waals surface area contributed by atoms with Gasteiger partial charge in [-0.3, -0.25) is 13.9 Å². The molecule has 0 saturated carbocycles. The third-order valence-electron chi connectivity index (χ3n) is 7.30. The van der Waals surface area contributed by atoms with Gasteiger partial charge < -0.3 is 10.2 Å². The van der Waals surface area contributed by atoms with E-state index in [1.807, 2.05) is 50.2 Å². The second kappa shape index (κ2) is 15.3. The van der Waals surface area contributed by atoms with Gasteiger partial charge in [-0.1, -0.05) is 92.2 Å². The minimum absolute atomic E-state index is 0.0214. The normalized spacial score (nSPS) is 11.9. The van der Waals surface area contributed by atoms with Gasteiger partial charge in [0.15, 0.2) is 0 Å². The van der Waals surface area contributed by atoms with E-state index >= 15 is 0 Å². The van der Waals surface area contributed by atoms with E-state index < -0.39 is 34.3 Å². The minimum atomic E-state index is -4.19. The number of carbonyl (C=O) groups is 2. The first-order chi connectivity index (χ1) is 21.2. The van der Waals surface area contributed by atoms with Crippen LogP contribution >= 0.6 is 0 Å². The quantitative estimate of drug-likeness (QED) is 0.179. The zero-order chi connectivity index (χ0) is 31.5. The molecule has 4 aromatic rings. The van der Waals surface area contributed by atoms with Crippen LogP contribution in [0.25, 0.3) is 0 Å². The number of hydrogen-bond donors (Lipinski definition) is 1. The van der Waals surface area contributed by atoms with Crippen LogP contribution in [0.15, 0.2) is 114 Å². The summed E-state index contributed by atoms with van der Waals surface area (Å²) in [6, 6.07) is 29.1. The van der Waals surface area contributed by atoms with Gasteiger partial charge in [-0.2, -0.15) is 0 Å². The molecule has 230 valence electrons. The Hall–Kier alpha value is -4.50. The maximum Gasteiger partial charge on any atom is 0.264 e. The van der Waals surface area contributed by atoms with Gasteiger partial charge in [0.05, 0.1) is 10.6 Å². The molecule has 0 aliphatic rings. The van der Waals surface area contributed by atoms with Crippen molar-refractivity contribution < 1.29 is 22.4 Å². The second-order valence-electron chi connectivity index (χ2n) is 10.6. The van der Waals surface area contributed by atoms with E-state index in [1.165, 1.54) is 23.1 Å². The number of amides is 2. The summed E-state index contributed by atoms with van der Waals surface area (Å²) < 4.78 is 44.0. The van der Waals surface area contributed by atoms with Crippen LogP contribution in [0.2, 0.25) is 0 Å². The van der Waals surface area contributed by atoms with Crippen molar-refractivity contribution in [3.8, 4) is 0 Å². The van der Waals surface area contributed by atoms with E-state index in [2.05, 4.69) is 5.32 Å². The summed E-state index contributed by atoms with van der Waals surface area (Å²) in [6.07, 6.45) is 1.78. The van der Waals surface area contributed by atoms with Gasteiger partial charge >= 0.3 is 0 Å². The summed E-state index contributed by atoms with van der Waals surface area (Å²) in [4.78, 5) is 29.4. The highest BCUT2D eigenvalue weighted by Gasteiger charge is 2.35. The molecule has 1 N–H and O–H groups in total. The molecule has 0 radical (unpaired) electrons. The monoisotopic (exact) mass is 615 g/mol. The summed E-state index contributed by atoms with van der Waals surface area (Å²) in [6.45, 7) is 3.44. The smallest absolute Gasteiger partial charge is 0.264 e. The fourth-order valence-corrected chi connectivity index (χ4v) is 6.33. The number of unbranched alkanes of at least 4 members (excludes halogenated alkanes) is 1. The molecule has 0 heterocycles. The maximum absolute atomic E-state index is 15.0. The molecule has 0 aromatic heterocycles. The van der Waals surface area contributed by atoms with Crippen LogP contribution in [-0.2, 0) is 32.6 Å². The van der Waals surface area contributed by atoms with E-state index in [9.17, 15) is 22.4 Å². The van der Waals surface area contributed by atoms with E-state index in [0.29, 0.717) is 12.2 Å². The predicted octanol–water partition coefficient (Wildman–Crippen LogP) is 5.89. The maximum atomic E-state index is 15.0. The van der Waals surface area contributed by atoms with Crippen LogP contribution in [0, 0.1) is 12.7 Å². The molecule has 0 fully saturated rings. The molecule has 0 bridgehead atoms. The van der Waals surface area contributed by atoms with Crippen molar-refractivity contribution in [3.05, 3.63) is 132 Å². The third-order valence-corrected chi connectivity index (χ3v) is 9.09. The van der Waals surface area contributed by atoms with Crippen LogP contribution in [0.1, 0.15) is 36.5 Å². The van der Waals surface area contributed by atoms with Gasteiger partial charge in [0.2, 0.25) is 11.8 Å². The van der Waals surface area contributed by atoms with Gasteiger partial charge in [0.1, 0.15) is 18.4 Å². The number of aryl methyl sites for hydroxylation is 1. The van der Waals surface area contributed by atoms with Crippen LogP contribution in [0.3, 0.4) is 0 Å². The first kappa shape index (κ1) is 32.4. The van der Waals surface area contributed by atoms with Crippen LogP contribution in [0.5, 0.6) is 0 Å². The Labute approximate surface area is 259 Å². The number of benzene rings is 4. The highest BCUT2D eigenvalue weighted by Crippen LogP contribution is 2.26. The number of rotatable bonds is 14. The average Bonchev–Trinajstić information content (AvgIpc) is 3.03. The lowest BCUT2D eigenvalue weighted by Crippen LogP contribution is -2.53. The summed E-state index contributed by atoms with van der Waals surface area (Å²) in [7, 11) is -4.19. The third kappa shape index (κ3) is 8.32. The second-order valence-corrected chi connectivity index (χ2v) is 12.5. The minimum Gasteiger partial charge on any atom is -0.354 e. The fraction of sp³-hybridized carbons (Fsp3) is 0.257. The Kier molecular flexibility index (Phi) is 11.3. The van der Waals surface area contributed by atoms with Crippen LogP contribution < -0.4 is 9.62 Å². The Balaban J connectivity index is 1.79. The highest BCUT2D eigenvalue weighted by molar-refractivity contribution is 7.92. The van der Waals surface area contributed by atoms with Crippen molar-refractivity contribution in [1.29, 1.82) is 0 Å². The summed E-state index contributed by atoms with van der Waals surface area (Å²) in [5.74, 6) is -1.55.